The van der Waals surface area contributed by atoms with E-state index in [-0.39, 0.29) is 0 Å². The van der Waals surface area contributed by atoms with Crippen LogP contribution >= 0.6 is 0 Å². The first-order valence-corrected chi connectivity index (χ1v) is 19.6. The van der Waals surface area contributed by atoms with Crippen LogP contribution < -0.4 is 15.4 Å². The fraction of sp³-hybridized carbons (Fsp3) is 0.0189. The molecule has 0 amide bonds. The highest BCUT2D eigenvalue weighted by Gasteiger charge is 2.20. The van der Waals surface area contributed by atoms with Gasteiger partial charge in [-0.2, -0.15) is 0 Å². The number of hydrogen-bond acceptors (Lipinski definition) is 4. The van der Waals surface area contributed by atoms with E-state index in [2.05, 4.69) is 167 Å². The van der Waals surface area contributed by atoms with Crippen molar-refractivity contribution in [3.63, 3.8) is 0 Å². The predicted octanol–water partition coefficient (Wildman–Crippen LogP) is 14.1. The number of fused-ring (bicyclic) bond motifs is 7. The molecule has 0 aliphatic heterocycles. The normalized spacial score (nSPS) is 11.6. The minimum absolute atomic E-state index is 0.412. The van der Waals surface area contributed by atoms with E-state index in [1.807, 2.05) is 42.5 Å². The van der Waals surface area contributed by atoms with Gasteiger partial charge in [-0.25, -0.2) is 0 Å². The van der Waals surface area contributed by atoms with Crippen molar-refractivity contribution in [3.8, 4) is 22.6 Å². The van der Waals surface area contributed by atoms with E-state index in [9.17, 15) is 0 Å². The number of hydrogen-bond donors (Lipinski definition) is 1. The van der Waals surface area contributed by atoms with Gasteiger partial charge in [0.2, 0.25) is 0 Å². The SMILES string of the molecule is Nc1c(OCc2ccccc2)c(-c2ccc(N(c3ccc4c(c3)oc3ccccc34)c3ccc4c(c3)c3ccccc3n4-c3ccccc3)cc2)cc2ccccc12. The Morgan fingerprint density at radius 1 is 0.483 bits per heavy atom. The van der Waals surface area contributed by atoms with Crippen molar-refractivity contribution in [2.45, 2.75) is 6.61 Å². The fourth-order valence-corrected chi connectivity index (χ4v) is 8.50. The van der Waals surface area contributed by atoms with Gasteiger partial charge in [0, 0.05) is 61.3 Å². The van der Waals surface area contributed by atoms with E-state index < -0.39 is 0 Å². The molecule has 5 nitrogen and oxygen atoms in total. The zero-order valence-electron chi connectivity index (χ0n) is 31.5. The van der Waals surface area contributed by atoms with Crippen LogP contribution in [0.5, 0.6) is 5.75 Å². The van der Waals surface area contributed by atoms with Crippen molar-refractivity contribution in [1.29, 1.82) is 0 Å². The van der Waals surface area contributed by atoms with Crippen molar-refractivity contribution >= 4 is 77.3 Å². The minimum atomic E-state index is 0.412. The van der Waals surface area contributed by atoms with E-state index in [4.69, 9.17) is 14.9 Å². The van der Waals surface area contributed by atoms with Gasteiger partial charge in [-0.05, 0) is 89.3 Å². The lowest BCUT2D eigenvalue weighted by atomic mass is 9.97. The lowest BCUT2D eigenvalue weighted by molar-refractivity contribution is 0.309. The Morgan fingerprint density at radius 3 is 1.93 bits per heavy atom. The van der Waals surface area contributed by atoms with Crippen LogP contribution in [0.4, 0.5) is 22.7 Å². The van der Waals surface area contributed by atoms with Gasteiger partial charge in [0.25, 0.3) is 0 Å². The standard InChI is InChI=1S/C53H37N3O2/c54-52-42-18-8-7-15-37(42)31-46(53(52)57-34-35-13-3-1-4-14-35)36-23-25-39(26-24-36)55(41-27-29-45-44-20-10-12-22-50(44)58-51(45)33-41)40-28-30-49-47(32-40)43-19-9-11-21-48(43)56(49)38-16-5-2-6-17-38/h1-33H,34,54H2. The maximum atomic E-state index is 6.90. The number of benzene rings is 9. The smallest absolute Gasteiger partial charge is 0.151 e. The monoisotopic (exact) mass is 747 g/mol. The predicted molar refractivity (Wildman–Crippen MR) is 241 cm³/mol. The molecule has 9 aromatic carbocycles. The van der Waals surface area contributed by atoms with Crippen molar-refractivity contribution in [2.24, 2.45) is 0 Å². The summed E-state index contributed by atoms with van der Waals surface area (Å²) in [6, 6.07) is 70.0. The van der Waals surface area contributed by atoms with Gasteiger partial charge >= 0.3 is 0 Å². The van der Waals surface area contributed by atoms with Crippen molar-refractivity contribution in [3.05, 3.63) is 206 Å². The number of rotatable bonds is 8. The summed E-state index contributed by atoms with van der Waals surface area (Å²) < 4.78 is 15.3. The number of nitrogen functional groups attached to an aromatic ring is 1. The topological polar surface area (TPSA) is 56.6 Å². The summed E-state index contributed by atoms with van der Waals surface area (Å²) in [6.07, 6.45) is 0. The molecule has 0 unspecified atom stereocenters. The lowest BCUT2D eigenvalue weighted by Gasteiger charge is -2.26. The first kappa shape index (κ1) is 33.6. The summed E-state index contributed by atoms with van der Waals surface area (Å²) in [4.78, 5) is 2.31. The minimum Gasteiger partial charge on any atom is -0.486 e. The largest absolute Gasteiger partial charge is 0.486 e. The number of aromatic nitrogens is 1. The molecule has 0 aliphatic rings. The second kappa shape index (κ2) is 13.8. The van der Waals surface area contributed by atoms with Gasteiger partial charge in [-0.3, -0.25) is 0 Å². The third kappa shape index (κ3) is 5.63. The van der Waals surface area contributed by atoms with Gasteiger partial charge in [-0.1, -0.05) is 121 Å². The van der Waals surface area contributed by atoms with Crippen LogP contribution in [0.25, 0.3) is 71.3 Å². The number of anilines is 4. The molecule has 0 saturated heterocycles. The van der Waals surface area contributed by atoms with Crippen LogP contribution in [0.1, 0.15) is 5.56 Å². The van der Waals surface area contributed by atoms with Crippen LogP contribution in [-0.4, -0.2) is 4.57 Å². The molecule has 0 atom stereocenters. The maximum absolute atomic E-state index is 6.90. The second-order valence-corrected chi connectivity index (χ2v) is 14.7. The average molecular weight is 748 g/mol. The number of furan rings is 1. The van der Waals surface area contributed by atoms with Crippen molar-refractivity contribution < 1.29 is 9.15 Å². The highest BCUT2D eigenvalue weighted by molar-refractivity contribution is 6.11. The fourth-order valence-electron chi connectivity index (χ4n) is 8.50. The molecule has 276 valence electrons. The summed E-state index contributed by atoms with van der Waals surface area (Å²) in [5.74, 6) is 0.683. The van der Waals surface area contributed by atoms with E-state index in [0.717, 1.165) is 77.7 Å². The van der Waals surface area contributed by atoms with E-state index in [1.165, 1.54) is 16.3 Å². The Kier molecular flexibility index (Phi) is 7.97. The van der Waals surface area contributed by atoms with Gasteiger partial charge in [0.05, 0.1) is 16.7 Å². The number of para-hydroxylation sites is 3. The molecule has 2 N–H and O–H groups in total. The molecule has 11 rings (SSSR count). The molecule has 0 fully saturated rings. The molecule has 0 bridgehead atoms. The molecule has 11 aromatic rings. The van der Waals surface area contributed by atoms with Crippen LogP contribution in [-0.2, 0) is 6.61 Å². The summed E-state index contributed by atoms with van der Waals surface area (Å²) >= 11 is 0. The molecule has 0 aliphatic carbocycles. The summed E-state index contributed by atoms with van der Waals surface area (Å²) in [6.45, 7) is 0.412. The van der Waals surface area contributed by atoms with E-state index in [0.29, 0.717) is 18.0 Å². The molecule has 2 heterocycles. The van der Waals surface area contributed by atoms with Crippen molar-refractivity contribution in [2.75, 3.05) is 10.6 Å². The third-order valence-electron chi connectivity index (χ3n) is 11.3. The van der Waals surface area contributed by atoms with Gasteiger partial charge in [0.1, 0.15) is 17.8 Å². The Balaban J connectivity index is 1.07. The summed E-state index contributed by atoms with van der Waals surface area (Å²) in [5.41, 5.74) is 18.8. The maximum Gasteiger partial charge on any atom is 0.151 e. The van der Waals surface area contributed by atoms with Crippen LogP contribution in [0, 0.1) is 0 Å². The Morgan fingerprint density at radius 2 is 1.10 bits per heavy atom. The van der Waals surface area contributed by atoms with Crippen LogP contribution in [0.15, 0.2) is 205 Å². The first-order valence-electron chi connectivity index (χ1n) is 19.6. The molecule has 0 radical (unpaired) electrons. The molecular formula is C53H37N3O2. The molecule has 0 spiro atoms. The number of nitrogens with zero attached hydrogens (tertiary/aromatic N) is 2. The Bertz CT molecular complexity index is 3290. The molecule has 2 aromatic heterocycles. The van der Waals surface area contributed by atoms with Crippen LogP contribution in [0.2, 0.25) is 0 Å². The van der Waals surface area contributed by atoms with Gasteiger partial charge < -0.3 is 24.4 Å². The third-order valence-corrected chi connectivity index (χ3v) is 11.3. The zero-order valence-corrected chi connectivity index (χ0v) is 31.5. The number of nitrogens with two attached hydrogens (primary N) is 1. The molecule has 5 heteroatoms. The van der Waals surface area contributed by atoms with E-state index in [1.54, 1.807) is 0 Å². The Hall–Kier alpha value is -7.76. The van der Waals surface area contributed by atoms with Crippen LogP contribution in [0.3, 0.4) is 0 Å². The quantitative estimate of drug-likeness (QED) is 0.157. The second-order valence-electron chi connectivity index (χ2n) is 14.7. The first-order chi connectivity index (χ1) is 28.7. The highest BCUT2D eigenvalue weighted by Crippen LogP contribution is 2.44. The molecular weight excluding hydrogens is 711 g/mol. The molecule has 0 saturated carbocycles. The van der Waals surface area contributed by atoms with Crippen molar-refractivity contribution in [1.82, 2.24) is 4.57 Å². The van der Waals surface area contributed by atoms with Gasteiger partial charge in [-0.15, -0.1) is 0 Å². The zero-order chi connectivity index (χ0) is 38.6. The lowest BCUT2D eigenvalue weighted by Crippen LogP contribution is -2.10. The average Bonchev–Trinajstić information content (AvgIpc) is 3.82. The van der Waals surface area contributed by atoms with E-state index >= 15 is 0 Å². The molecule has 58 heavy (non-hydrogen) atoms. The number of ether oxygens (including phenoxy) is 1. The summed E-state index contributed by atoms with van der Waals surface area (Å²) in [7, 11) is 0. The highest BCUT2D eigenvalue weighted by atomic mass is 16.5. The van der Waals surface area contributed by atoms with Gasteiger partial charge in [0.15, 0.2) is 5.75 Å². The Labute approximate surface area is 335 Å². The summed E-state index contributed by atoms with van der Waals surface area (Å²) in [5, 5.41) is 6.61.